The number of halogens is 1. The molecule has 0 aliphatic heterocycles. The van der Waals surface area contributed by atoms with Gasteiger partial charge in [0, 0.05) is 16.8 Å². The molecule has 1 atom stereocenters. The van der Waals surface area contributed by atoms with Gasteiger partial charge in [0.1, 0.15) is 0 Å². The Morgan fingerprint density at radius 3 is 2.86 bits per heavy atom. The molecule has 0 radical (unpaired) electrons. The average Bonchev–Trinajstić information content (AvgIpc) is 2.97. The first-order valence-corrected chi connectivity index (χ1v) is 5.69. The highest BCUT2D eigenvalue weighted by Gasteiger charge is 2.29. The third-order valence-electron chi connectivity index (χ3n) is 2.81. The van der Waals surface area contributed by atoms with E-state index in [1.165, 1.54) is 19.3 Å². The van der Waals surface area contributed by atoms with Crippen molar-refractivity contribution in [3.05, 3.63) is 29.3 Å². The van der Waals surface area contributed by atoms with Gasteiger partial charge >= 0.3 is 0 Å². The number of rotatable bonds is 4. The molecule has 0 aromatic heterocycles. The Labute approximate surface area is 90.5 Å². The molecule has 0 spiro atoms. The van der Waals surface area contributed by atoms with Gasteiger partial charge in [0.15, 0.2) is 0 Å². The van der Waals surface area contributed by atoms with Gasteiger partial charge in [-0.2, -0.15) is 0 Å². The third kappa shape index (κ3) is 2.42. The van der Waals surface area contributed by atoms with E-state index in [1.807, 2.05) is 18.2 Å². The Balaban J connectivity index is 2.01. The Bertz CT molecular complexity index is 307. The van der Waals surface area contributed by atoms with E-state index >= 15 is 0 Å². The number of hydrogen-bond acceptors (Lipinski definition) is 1. The quantitative estimate of drug-likeness (QED) is 0.792. The molecule has 76 valence electrons. The summed E-state index contributed by atoms with van der Waals surface area (Å²) in [5.74, 6) is 0.888. The number of benzene rings is 1. The lowest BCUT2D eigenvalue weighted by molar-refractivity contribution is 0.616. The molecule has 1 nitrogen and oxygen atoms in total. The molecule has 1 N–H and O–H groups in total. The molecule has 1 aliphatic rings. The topological polar surface area (TPSA) is 12.0 Å². The summed E-state index contributed by atoms with van der Waals surface area (Å²) >= 11 is 5.93. The minimum atomic E-state index is 0.633. The minimum absolute atomic E-state index is 0.633. The van der Waals surface area contributed by atoms with Crippen LogP contribution in [0.25, 0.3) is 0 Å². The van der Waals surface area contributed by atoms with Crippen LogP contribution in [0.3, 0.4) is 0 Å². The van der Waals surface area contributed by atoms with Gasteiger partial charge in [-0.25, -0.2) is 0 Å². The maximum absolute atomic E-state index is 5.93. The van der Waals surface area contributed by atoms with E-state index in [0.29, 0.717) is 6.04 Å². The lowest BCUT2D eigenvalue weighted by Gasteiger charge is -2.17. The fourth-order valence-corrected chi connectivity index (χ4v) is 2.03. The van der Waals surface area contributed by atoms with E-state index in [9.17, 15) is 0 Å². The zero-order valence-corrected chi connectivity index (χ0v) is 9.22. The second kappa shape index (κ2) is 4.22. The van der Waals surface area contributed by atoms with Crippen LogP contribution in [-0.2, 0) is 0 Å². The van der Waals surface area contributed by atoms with Gasteiger partial charge in [0.25, 0.3) is 0 Å². The average molecular weight is 210 g/mol. The van der Waals surface area contributed by atoms with Crippen LogP contribution in [0.15, 0.2) is 24.3 Å². The first kappa shape index (κ1) is 9.85. The van der Waals surface area contributed by atoms with Gasteiger partial charge in [-0.05, 0) is 43.4 Å². The molecule has 1 aliphatic carbocycles. The first-order valence-electron chi connectivity index (χ1n) is 5.31. The van der Waals surface area contributed by atoms with Crippen molar-refractivity contribution in [3.63, 3.8) is 0 Å². The zero-order chi connectivity index (χ0) is 9.97. The summed E-state index contributed by atoms with van der Waals surface area (Å²) in [4.78, 5) is 0. The number of hydrogen-bond donors (Lipinski definition) is 1. The maximum atomic E-state index is 5.93. The van der Waals surface area contributed by atoms with Crippen LogP contribution in [-0.4, -0.2) is 6.04 Å². The van der Waals surface area contributed by atoms with E-state index in [4.69, 9.17) is 11.6 Å². The SMILES string of the molecule is CCC(Nc1cccc(Cl)c1)C1CC1. The smallest absolute Gasteiger partial charge is 0.0426 e. The van der Waals surface area contributed by atoms with Crippen LogP contribution >= 0.6 is 11.6 Å². The molecule has 0 amide bonds. The lowest BCUT2D eigenvalue weighted by atomic mass is 10.1. The van der Waals surface area contributed by atoms with Crippen molar-refractivity contribution < 1.29 is 0 Å². The number of anilines is 1. The van der Waals surface area contributed by atoms with Crippen molar-refractivity contribution in [2.24, 2.45) is 5.92 Å². The molecule has 2 rings (SSSR count). The van der Waals surface area contributed by atoms with E-state index in [2.05, 4.69) is 18.3 Å². The fraction of sp³-hybridized carbons (Fsp3) is 0.500. The van der Waals surface area contributed by atoms with Gasteiger partial charge < -0.3 is 5.32 Å². The molecule has 0 heterocycles. The van der Waals surface area contributed by atoms with E-state index in [-0.39, 0.29) is 0 Å². The van der Waals surface area contributed by atoms with Crippen molar-refractivity contribution in [3.8, 4) is 0 Å². The van der Waals surface area contributed by atoms with Gasteiger partial charge in [0.2, 0.25) is 0 Å². The largest absolute Gasteiger partial charge is 0.382 e. The van der Waals surface area contributed by atoms with E-state index in [0.717, 1.165) is 16.6 Å². The summed E-state index contributed by atoms with van der Waals surface area (Å²) in [6, 6.07) is 8.60. The molecule has 1 aromatic carbocycles. The molecule has 0 saturated heterocycles. The summed E-state index contributed by atoms with van der Waals surface area (Å²) in [6.07, 6.45) is 3.95. The molecular formula is C12H16ClN. The molecule has 1 aromatic rings. The summed E-state index contributed by atoms with van der Waals surface area (Å²) in [7, 11) is 0. The predicted molar refractivity (Wildman–Crippen MR) is 61.9 cm³/mol. The van der Waals surface area contributed by atoms with Crippen molar-refractivity contribution >= 4 is 17.3 Å². The summed E-state index contributed by atoms with van der Waals surface area (Å²) in [6.45, 7) is 2.24. The zero-order valence-electron chi connectivity index (χ0n) is 8.46. The van der Waals surface area contributed by atoms with Gasteiger partial charge in [-0.15, -0.1) is 0 Å². The monoisotopic (exact) mass is 209 g/mol. The molecule has 1 unspecified atom stereocenters. The number of nitrogens with one attached hydrogen (secondary N) is 1. The molecule has 1 fully saturated rings. The van der Waals surface area contributed by atoms with Crippen LogP contribution in [0.1, 0.15) is 26.2 Å². The van der Waals surface area contributed by atoms with Gasteiger partial charge in [0.05, 0.1) is 0 Å². The standard InChI is InChI=1S/C12H16ClN/c1-2-12(9-6-7-9)14-11-5-3-4-10(13)8-11/h3-5,8-9,12,14H,2,6-7H2,1H3. The van der Waals surface area contributed by atoms with Crippen molar-refractivity contribution in [2.75, 3.05) is 5.32 Å². The van der Waals surface area contributed by atoms with Gasteiger partial charge in [-0.1, -0.05) is 24.6 Å². The van der Waals surface area contributed by atoms with Crippen molar-refractivity contribution in [2.45, 2.75) is 32.2 Å². The summed E-state index contributed by atoms with van der Waals surface area (Å²) in [5.41, 5.74) is 1.15. The first-order chi connectivity index (χ1) is 6.79. The Hall–Kier alpha value is -0.690. The predicted octanol–water partition coefficient (Wildman–Crippen LogP) is 3.94. The van der Waals surface area contributed by atoms with Crippen LogP contribution in [0.4, 0.5) is 5.69 Å². The van der Waals surface area contributed by atoms with E-state index < -0.39 is 0 Å². The molecule has 14 heavy (non-hydrogen) atoms. The normalized spacial score (nSPS) is 17.9. The molecule has 0 bridgehead atoms. The second-order valence-corrected chi connectivity index (χ2v) is 4.44. The third-order valence-corrected chi connectivity index (χ3v) is 3.04. The van der Waals surface area contributed by atoms with Crippen LogP contribution in [0.2, 0.25) is 5.02 Å². The summed E-state index contributed by atoms with van der Waals surface area (Å²) in [5, 5.41) is 4.35. The highest BCUT2D eigenvalue weighted by atomic mass is 35.5. The van der Waals surface area contributed by atoms with Crippen molar-refractivity contribution in [1.29, 1.82) is 0 Å². The van der Waals surface area contributed by atoms with Crippen molar-refractivity contribution in [1.82, 2.24) is 0 Å². The summed E-state index contributed by atoms with van der Waals surface area (Å²) < 4.78 is 0. The Kier molecular flexibility index (Phi) is 2.97. The van der Waals surface area contributed by atoms with Gasteiger partial charge in [-0.3, -0.25) is 0 Å². The van der Waals surface area contributed by atoms with Crippen LogP contribution in [0, 0.1) is 5.92 Å². The van der Waals surface area contributed by atoms with Crippen LogP contribution < -0.4 is 5.32 Å². The van der Waals surface area contributed by atoms with E-state index in [1.54, 1.807) is 0 Å². The molecule has 1 saturated carbocycles. The highest BCUT2D eigenvalue weighted by molar-refractivity contribution is 6.30. The maximum Gasteiger partial charge on any atom is 0.0426 e. The Morgan fingerprint density at radius 2 is 2.29 bits per heavy atom. The second-order valence-electron chi connectivity index (χ2n) is 4.01. The fourth-order valence-electron chi connectivity index (χ4n) is 1.84. The highest BCUT2D eigenvalue weighted by Crippen LogP contribution is 2.35. The lowest BCUT2D eigenvalue weighted by Crippen LogP contribution is -2.20. The Morgan fingerprint density at radius 1 is 1.50 bits per heavy atom. The molecular weight excluding hydrogens is 194 g/mol. The minimum Gasteiger partial charge on any atom is -0.382 e. The molecule has 2 heteroatoms. The van der Waals surface area contributed by atoms with Crippen LogP contribution in [0.5, 0.6) is 0 Å².